The molecule has 0 N–H and O–H groups in total. The smallest absolute Gasteiger partial charge is 0.147 e. The Morgan fingerprint density at radius 3 is 2.52 bits per heavy atom. The fraction of sp³-hybridized carbons (Fsp3) is 0.217. The van der Waals surface area contributed by atoms with E-state index in [1.54, 1.807) is 13.2 Å². The molecule has 5 nitrogen and oxygen atoms in total. The molecule has 1 heterocycles. The van der Waals surface area contributed by atoms with Gasteiger partial charge >= 0.3 is 0 Å². The number of benzene rings is 2. The van der Waals surface area contributed by atoms with Crippen molar-refractivity contribution in [3.63, 3.8) is 0 Å². The predicted octanol–water partition coefficient (Wildman–Crippen LogP) is 5.19. The van der Waals surface area contributed by atoms with Crippen molar-refractivity contribution < 1.29 is 14.2 Å². The van der Waals surface area contributed by atoms with Crippen molar-refractivity contribution in [2.24, 2.45) is 0 Å². The molecule has 6 heteroatoms. The summed E-state index contributed by atoms with van der Waals surface area (Å²) in [6.45, 7) is 3.21. The molecule has 0 aliphatic heterocycles. The number of hydrogen-bond donors (Lipinski definition) is 0. The summed E-state index contributed by atoms with van der Waals surface area (Å²) >= 11 is 6.15. The lowest BCUT2D eigenvalue weighted by Gasteiger charge is -2.13. The van der Waals surface area contributed by atoms with Crippen LogP contribution in [0.5, 0.6) is 11.5 Å². The molecule has 3 aromatic rings. The van der Waals surface area contributed by atoms with Crippen LogP contribution in [0, 0.1) is 18.3 Å². The average molecular weight is 409 g/mol. The molecule has 0 aliphatic rings. The summed E-state index contributed by atoms with van der Waals surface area (Å²) in [7, 11) is 1.59. The van der Waals surface area contributed by atoms with Crippen LogP contribution in [-0.4, -0.2) is 25.3 Å². The zero-order valence-electron chi connectivity index (χ0n) is 16.3. The van der Waals surface area contributed by atoms with Gasteiger partial charge in [0.2, 0.25) is 0 Å². The maximum absolute atomic E-state index is 9.49. The van der Waals surface area contributed by atoms with E-state index < -0.39 is 0 Å². The number of rotatable bonds is 8. The molecule has 0 spiro atoms. The van der Waals surface area contributed by atoms with Gasteiger partial charge in [0, 0.05) is 17.3 Å². The first kappa shape index (κ1) is 20.7. The molecule has 0 saturated heterocycles. The van der Waals surface area contributed by atoms with Gasteiger partial charge in [0.15, 0.2) is 0 Å². The van der Waals surface area contributed by atoms with Crippen LogP contribution in [-0.2, 0) is 11.3 Å². The van der Waals surface area contributed by atoms with E-state index in [2.05, 4.69) is 11.1 Å². The molecule has 3 rings (SSSR count). The van der Waals surface area contributed by atoms with Crippen LogP contribution in [0.2, 0.25) is 5.15 Å². The second kappa shape index (κ2) is 9.92. The number of nitriles is 1. The van der Waals surface area contributed by atoms with E-state index in [0.29, 0.717) is 42.4 Å². The molecule has 0 radical (unpaired) electrons. The Bertz CT molecular complexity index is 1020. The Balaban J connectivity index is 1.72. The van der Waals surface area contributed by atoms with Gasteiger partial charge < -0.3 is 14.2 Å². The van der Waals surface area contributed by atoms with E-state index in [4.69, 9.17) is 25.8 Å². The Labute approximate surface area is 175 Å². The van der Waals surface area contributed by atoms with Crippen molar-refractivity contribution >= 4 is 11.6 Å². The number of aryl methyl sites for hydroxylation is 1. The molecule has 0 bridgehead atoms. The molecule has 148 valence electrons. The molecule has 2 aromatic carbocycles. The van der Waals surface area contributed by atoms with Gasteiger partial charge in [0.1, 0.15) is 29.3 Å². The molecular formula is C23H21ClN2O3. The van der Waals surface area contributed by atoms with E-state index in [1.807, 2.05) is 55.5 Å². The first-order valence-electron chi connectivity index (χ1n) is 9.12. The van der Waals surface area contributed by atoms with Crippen LogP contribution in [0.15, 0.2) is 54.6 Å². The van der Waals surface area contributed by atoms with Gasteiger partial charge in [-0.3, -0.25) is 0 Å². The summed E-state index contributed by atoms with van der Waals surface area (Å²) in [5, 5.41) is 9.67. The highest BCUT2D eigenvalue weighted by Crippen LogP contribution is 2.34. The predicted molar refractivity (Wildman–Crippen MR) is 112 cm³/mol. The molecule has 0 saturated carbocycles. The van der Waals surface area contributed by atoms with Crippen molar-refractivity contribution in [3.05, 3.63) is 76.6 Å². The number of ether oxygens (including phenoxy) is 3. The number of nitrogens with zero attached hydrogens (tertiary/aromatic N) is 2. The zero-order chi connectivity index (χ0) is 20.6. The summed E-state index contributed by atoms with van der Waals surface area (Å²) in [5.74, 6) is 1.24. The third-order valence-electron chi connectivity index (χ3n) is 4.25. The maximum Gasteiger partial charge on any atom is 0.147 e. The van der Waals surface area contributed by atoms with E-state index in [0.717, 1.165) is 16.8 Å². The number of hydrogen-bond acceptors (Lipinski definition) is 5. The summed E-state index contributed by atoms with van der Waals surface area (Å²) < 4.78 is 16.9. The van der Waals surface area contributed by atoms with Crippen molar-refractivity contribution in [1.29, 1.82) is 5.26 Å². The van der Waals surface area contributed by atoms with Gasteiger partial charge in [-0.05, 0) is 36.2 Å². The van der Waals surface area contributed by atoms with Gasteiger partial charge in [-0.2, -0.15) is 5.26 Å². The first-order valence-corrected chi connectivity index (χ1v) is 9.49. The van der Waals surface area contributed by atoms with E-state index >= 15 is 0 Å². The largest absolute Gasteiger partial charge is 0.497 e. The summed E-state index contributed by atoms with van der Waals surface area (Å²) in [5.41, 5.74) is 3.62. The van der Waals surface area contributed by atoms with Gasteiger partial charge in [-0.15, -0.1) is 0 Å². The average Bonchev–Trinajstić information content (AvgIpc) is 2.73. The van der Waals surface area contributed by atoms with Gasteiger partial charge in [-0.1, -0.05) is 41.9 Å². The fourth-order valence-corrected chi connectivity index (χ4v) is 3.16. The minimum Gasteiger partial charge on any atom is -0.497 e. The minimum absolute atomic E-state index is 0.183. The highest BCUT2D eigenvalue weighted by Gasteiger charge is 2.14. The zero-order valence-corrected chi connectivity index (χ0v) is 17.1. The highest BCUT2D eigenvalue weighted by molar-refractivity contribution is 6.31. The molecule has 1 aromatic heterocycles. The third-order valence-corrected chi connectivity index (χ3v) is 4.52. The minimum atomic E-state index is 0.183. The molecule has 0 amide bonds. The van der Waals surface area contributed by atoms with Crippen LogP contribution >= 0.6 is 11.6 Å². The molecule has 0 fully saturated rings. The second-order valence-electron chi connectivity index (χ2n) is 6.37. The lowest BCUT2D eigenvalue weighted by atomic mass is 10.0. The van der Waals surface area contributed by atoms with Crippen molar-refractivity contribution in [2.75, 3.05) is 20.3 Å². The van der Waals surface area contributed by atoms with Gasteiger partial charge in [0.25, 0.3) is 0 Å². The first-order chi connectivity index (χ1) is 14.1. The van der Waals surface area contributed by atoms with Crippen LogP contribution in [0.25, 0.3) is 11.1 Å². The van der Waals surface area contributed by atoms with Gasteiger partial charge in [-0.25, -0.2) is 4.98 Å². The molecule has 0 unspecified atom stereocenters. The van der Waals surface area contributed by atoms with E-state index in [1.165, 1.54) is 0 Å². The summed E-state index contributed by atoms with van der Waals surface area (Å²) in [4.78, 5) is 4.15. The molecule has 0 aliphatic carbocycles. The van der Waals surface area contributed by atoms with Crippen LogP contribution in [0.4, 0.5) is 0 Å². The number of pyridine rings is 1. The maximum atomic E-state index is 9.49. The van der Waals surface area contributed by atoms with E-state index in [9.17, 15) is 5.26 Å². The summed E-state index contributed by atoms with van der Waals surface area (Å²) in [6.07, 6.45) is 0. The normalized spacial score (nSPS) is 10.4. The number of aromatic nitrogens is 1. The lowest BCUT2D eigenvalue weighted by molar-refractivity contribution is 0.0888. The number of halogens is 1. The quantitative estimate of drug-likeness (QED) is 0.379. The Hall–Kier alpha value is -3.07. The standard InChI is InChI=1S/C23H21ClN2O3/c1-16-10-21(22(14-25)23(24)26-16)18-11-19(27-2)13-20(12-18)29-9-8-28-15-17-6-4-3-5-7-17/h3-7,10-13H,8-9,15H2,1-2H3. The SMILES string of the molecule is COc1cc(OCCOCc2ccccc2)cc(-c2cc(C)nc(Cl)c2C#N)c1. The number of methoxy groups -OCH3 is 1. The topological polar surface area (TPSA) is 64.4 Å². The van der Waals surface area contributed by atoms with Crippen molar-refractivity contribution in [2.45, 2.75) is 13.5 Å². The van der Waals surface area contributed by atoms with Crippen LogP contribution in [0.1, 0.15) is 16.8 Å². The third kappa shape index (κ3) is 5.47. The Kier molecular flexibility index (Phi) is 7.07. The molecule has 29 heavy (non-hydrogen) atoms. The van der Waals surface area contributed by atoms with Crippen LogP contribution < -0.4 is 9.47 Å². The second-order valence-corrected chi connectivity index (χ2v) is 6.73. The monoisotopic (exact) mass is 408 g/mol. The fourth-order valence-electron chi connectivity index (χ4n) is 2.88. The molecular weight excluding hydrogens is 388 g/mol. The lowest BCUT2D eigenvalue weighted by Crippen LogP contribution is -2.07. The van der Waals surface area contributed by atoms with Gasteiger partial charge in [0.05, 0.1) is 25.9 Å². The molecule has 0 atom stereocenters. The van der Waals surface area contributed by atoms with Crippen molar-refractivity contribution in [1.82, 2.24) is 4.98 Å². The summed E-state index contributed by atoms with van der Waals surface area (Å²) in [6, 6.07) is 19.4. The Morgan fingerprint density at radius 2 is 1.79 bits per heavy atom. The van der Waals surface area contributed by atoms with E-state index in [-0.39, 0.29) is 5.15 Å². The Morgan fingerprint density at radius 1 is 1.03 bits per heavy atom. The highest BCUT2D eigenvalue weighted by atomic mass is 35.5. The van der Waals surface area contributed by atoms with Crippen LogP contribution in [0.3, 0.4) is 0 Å². The van der Waals surface area contributed by atoms with Crippen molar-refractivity contribution in [3.8, 4) is 28.7 Å².